The lowest BCUT2D eigenvalue weighted by Gasteiger charge is -2.06. The van der Waals surface area contributed by atoms with Crippen LogP contribution in [0.15, 0.2) is 24.5 Å². The maximum absolute atomic E-state index is 11.1. The van der Waals surface area contributed by atoms with E-state index in [1.54, 1.807) is 0 Å². The summed E-state index contributed by atoms with van der Waals surface area (Å²) in [5.74, 6) is 2.39. The van der Waals surface area contributed by atoms with E-state index in [1.165, 1.54) is 6.33 Å². The van der Waals surface area contributed by atoms with E-state index in [2.05, 4.69) is 15.9 Å². The molecule has 3 rings (SSSR count). The Morgan fingerprint density at radius 1 is 1.35 bits per heavy atom. The second-order valence-electron chi connectivity index (χ2n) is 4.16. The summed E-state index contributed by atoms with van der Waals surface area (Å²) in [5, 5.41) is 1.19. The van der Waals surface area contributed by atoms with Gasteiger partial charge in [-0.3, -0.25) is 0 Å². The molecular formula is C13H9ClN2O. The van der Waals surface area contributed by atoms with E-state index in [0.29, 0.717) is 16.6 Å². The predicted molar refractivity (Wildman–Crippen MR) is 66.4 cm³/mol. The summed E-state index contributed by atoms with van der Waals surface area (Å²) in [6.45, 7) is 0. The summed E-state index contributed by atoms with van der Waals surface area (Å²) >= 11 is 6.01. The largest absolute Gasteiger partial charge is 0.236 e. The maximum Gasteiger partial charge on any atom is 0.140 e. The summed E-state index contributed by atoms with van der Waals surface area (Å²) in [6, 6.07) is 5.62. The molecule has 0 atom stereocenters. The fourth-order valence-corrected chi connectivity index (χ4v) is 2.20. The van der Waals surface area contributed by atoms with Gasteiger partial charge in [0.25, 0.3) is 0 Å². The topological polar surface area (TPSA) is 42.9 Å². The molecule has 0 amide bonds. The minimum absolute atomic E-state index is 0.340. The smallest absolute Gasteiger partial charge is 0.140 e. The van der Waals surface area contributed by atoms with Crippen molar-refractivity contribution in [3.05, 3.63) is 35.2 Å². The third-order valence-electron chi connectivity index (χ3n) is 3.00. The molecule has 1 aliphatic carbocycles. The highest BCUT2D eigenvalue weighted by Crippen LogP contribution is 2.42. The summed E-state index contributed by atoms with van der Waals surface area (Å²) in [4.78, 5) is 19.2. The molecule has 1 heterocycles. The Balaban J connectivity index is 2.29. The predicted octanol–water partition coefficient (Wildman–Crippen LogP) is 2.91. The third-order valence-corrected chi connectivity index (χ3v) is 3.30. The van der Waals surface area contributed by atoms with Crippen molar-refractivity contribution in [3.8, 4) is 0 Å². The van der Waals surface area contributed by atoms with Crippen LogP contribution in [-0.4, -0.2) is 15.9 Å². The van der Waals surface area contributed by atoms with Crippen LogP contribution in [0.2, 0.25) is 5.15 Å². The Morgan fingerprint density at radius 2 is 2.18 bits per heavy atom. The van der Waals surface area contributed by atoms with Crippen LogP contribution in [0.25, 0.3) is 16.5 Å². The van der Waals surface area contributed by atoms with Crippen molar-refractivity contribution in [2.24, 2.45) is 5.92 Å². The minimum Gasteiger partial charge on any atom is -0.236 e. The van der Waals surface area contributed by atoms with E-state index < -0.39 is 0 Å². The van der Waals surface area contributed by atoms with E-state index in [9.17, 15) is 4.79 Å². The summed E-state index contributed by atoms with van der Waals surface area (Å²) in [7, 11) is 0. The molecule has 1 aromatic heterocycles. The highest BCUT2D eigenvalue weighted by molar-refractivity contribution is 6.34. The number of nitrogens with zero attached hydrogens (tertiary/aromatic N) is 2. The number of fused-ring (bicyclic) bond motifs is 1. The number of halogens is 1. The number of carbonyl (C=O) groups excluding carboxylic acids is 1. The van der Waals surface area contributed by atoms with Gasteiger partial charge >= 0.3 is 0 Å². The molecule has 4 heteroatoms. The van der Waals surface area contributed by atoms with Gasteiger partial charge in [-0.05, 0) is 24.8 Å². The Bertz CT molecular complexity index is 643. The molecule has 0 saturated heterocycles. The van der Waals surface area contributed by atoms with Crippen molar-refractivity contribution in [1.82, 2.24) is 9.97 Å². The van der Waals surface area contributed by atoms with Gasteiger partial charge in [-0.25, -0.2) is 14.8 Å². The first-order valence-corrected chi connectivity index (χ1v) is 5.83. The monoisotopic (exact) mass is 244 g/mol. The third kappa shape index (κ3) is 1.74. The number of para-hydroxylation sites is 1. The van der Waals surface area contributed by atoms with Gasteiger partial charge < -0.3 is 0 Å². The SMILES string of the molecule is O=C=C(c1cccc2c(Cl)ncnc12)C1CC1. The Labute approximate surface area is 103 Å². The van der Waals surface area contributed by atoms with Gasteiger partial charge in [-0.2, -0.15) is 0 Å². The van der Waals surface area contributed by atoms with E-state index in [1.807, 2.05) is 18.2 Å². The lowest BCUT2D eigenvalue weighted by Crippen LogP contribution is -1.93. The molecule has 3 nitrogen and oxygen atoms in total. The molecule has 2 aromatic rings. The van der Waals surface area contributed by atoms with Crippen LogP contribution in [-0.2, 0) is 4.79 Å². The standard InChI is InChI=1S/C13H9ClN2O/c14-13-10-3-1-2-9(12(10)15-7-16-13)11(6-17)8-4-5-8/h1-3,7-8H,4-5H2. The van der Waals surface area contributed by atoms with Crippen molar-refractivity contribution in [1.29, 1.82) is 0 Å². The average Bonchev–Trinajstić information content (AvgIpc) is 3.16. The molecule has 1 fully saturated rings. The van der Waals surface area contributed by atoms with Crippen LogP contribution in [0.1, 0.15) is 18.4 Å². The second kappa shape index (κ2) is 3.95. The molecule has 1 saturated carbocycles. The molecule has 0 N–H and O–H groups in total. The zero-order valence-electron chi connectivity index (χ0n) is 8.98. The fourth-order valence-electron chi connectivity index (χ4n) is 2.00. The van der Waals surface area contributed by atoms with E-state index in [-0.39, 0.29) is 0 Å². The van der Waals surface area contributed by atoms with Gasteiger partial charge in [0, 0.05) is 16.5 Å². The van der Waals surface area contributed by atoms with Crippen LogP contribution < -0.4 is 0 Å². The molecule has 0 radical (unpaired) electrons. The van der Waals surface area contributed by atoms with Gasteiger partial charge in [-0.1, -0.05) is 23.7 Å². The molecule has 1 aromatic carbocycles. The van der Waals surface area contributed by atoms with Crippen LogP contribution in [0, 0.1) is 5.92 Å². The van der Waals surface area contributed by atoms with Gasteiger partial charge in [0.05, 0.1) is 5.52 Å². The van der Waals surface area contributed by atoms with Crippen LogP contribution >= 0.6 is 11.6 Å². The molecule has 17 heavy (non-hydrogen) atoms. The normalized spacial score (nSPS) is 14.6. The first kappa shape index (κ1) is 10.5. The zero-order valence-corrected chi connectivity index (χ0v) is 9.74. The van der Waals surface area contributed by atoms with Crippen molar-refractivity contribution >= 4 is 34.0 Å². The quantitative estimate of drug-likeness (QED) is 0.603. The number of allylic oxidation sites excluding steroid dienone is 1. The van der Waals surface area contributed by atoms with Crippen LogP contribution in [0.3, 0.4) is 0 Å². The second-order valence-corrected chi connectivity index (χ2v) is 4.51. The van der Waals surface area contributed by atoms with Crippen molar-refractivity contribution in [3.63, 3.8) is 0 Å². The molecular weight excluding hydrogens is 236 g/mol. The zero-order chi connectivity index (χ0) is 11.8. The summed E-state index contributed by atoms with van der Waals surface area (Å²) in [5.41, 5.74) is 2.28. The molecule has 0 spiro atoms. The molecule has 0 bridgehead atoms. The Kier molecular flexibility index (Phi) is 2.43. The number of benzene rings is 1. The average molecular weight is 245 g/mol. The Hall–Kier alpha value is -1.70. The van der Waals surface area contributed by atoms with E-state index in [0.717, 1.165) is 29.3 Å². The van der Waals surface area contributed by atoms with Crippen LogP contribution in [0.5, 0.6) is 0 Å². The molecule has 84 valence electrons. The Morgan fingerprint density at radius 3 is 2.88 bits per heavy atom. The van der Waals surface area contributed by atoms with Crippen molar-refractivity contribution in [2.45, 2.75) is 12.8 Å². The van der Waals surface area contributed by atoms with Crippen molar-refractivity contribution in [2.75, 3.05) is 0 Å². The van der Waals surface area contributed by atoms with E-state index in [4.69, 9.17) is 11.6 Å². The number of hydrogen-bond acceptors (Lipinski definition) is 3. The lowest BCUT2D eigenvalue weighted by atomic mass is 10.0. The van der Waals surface area contributed by atoms with Gasteiger partial charge in [0.15, 0.2) is 0 Å². The highest BCUT2D eigenvalue weighted by Gasteiger charge is 2.29. The lowest BCUT2D eigenvalue weighted by molar-refractivity contribution is 0.569. The number of hydrogen-bond donors (Lipinski definition) is 0. The van der Waals surface area contributed by atoms with E-state index >= 15 is 0 Å². The van der Waals surface area contributed by atoms with Gasteiger partial charge in [-0.15, -0.1) is 0 Å². The van der Waals surface area contributed by atoms with Crippen LogP contribution in [0.4, 0.5) is 0 Å². The maximum atomic E-state index is 11.1. The fraction of sp³-hybridized carbons (Fsp3) is 0.231. The van der Waals surface area contributed by atoms with Crippen molar-refractivity contribution < 1.29 is 4.79 Å². The number of aromatic nitrogens is 2. The molecule has 0 unspecified atom stereocenters. The minimum atomic E-state index is 0.340. The molecule has 0 aliphatic heterocycles. The first-order chi connectivity index (χ1) is 8.31. The summed E-state index contributed by atoms with van der Waals surface area (Å²) in [6.07, 6.45) is 3.53. The molecule has 1 aliphatic rings. The first-order valence-electron chi connectivity index (χ1n) is 5.46. The van der Waals surface area contributed by atoms with Gasteiger partial charge in [0.2, 0.25) is 0 Å². The van der Waals surface area contributed by atoms with Gasteiger partial charge in [0.1, 0.15) is 17.4 Å². The number of rotatable bonds is 2. The highest BCUT2D eigenvalue weighted by atomic mass is 35.5. The summed E-state index contributed by atoms with van der Waals surface area (Å²) < 4.78 is 0.